The van der Waals surface area contributed by atoms with Crippen molar-refractivity contribution in [1.29, 1.82) is 0 Å². The summed E-state index contributed by atoms with van der Waals surface area (Å²) in [5, 5.41) is 8.35. The van der Waals surface area contributed by atoms with Gasteiger partial charge in [0.15, 0.2) is 5.84 Å². The van der Waals surface area contributed by atoms with Gasteiger partial charge < -0.3 is 14.3 Å². The molecule has 5 heteroatoms. The zero-order valence-electron chi connectivity index (χ0n) is 33.6. The third-order valence-corrected chi connectivity index (χ3v) is 12.1. The van der Waals surface area contributed by atoms with Crippen molar-refractivity contribution in [3.05, 3.63) is 235 Å². The van der Waals surface area contributed by atoms with Crippen molar-refractivity contribution >= 4 is 55.4 Å². The summed E-state index contributed by atoms with van der Waals surface area (Å²) in [5.74, 6) is 1.44. The molecule has 292 valence electrons. The molecule has 1 unspecified atom stereocenters. The van der Waals surface area contributed by atoms with Gasteiger partial charge in [0, 0.05) is 49.5 Å². The first-order chi connectivity index (χ1) is 30.7. The number of hydrogen-bond donors (Lipinski definition) is 1. The van der Waals surface area contributed by atoms with Crippen LogP contribution in [0.25, 0.3) is 82.8 Å². The van der Waals surface area contributed by atoms with Gasteiger partial charge in [-0.2, -0.15) is 0 Å². The van der Waals surface area contributed by atoms with Crippen molar-refractivity contribution in [2.24, 2.45) is 9.98 Å². The molecule has 9 aromatic carbocycles. The van der Waals surface area contributed by atoms with Gasteiger partial charge in [-0.15, -0.1) is 0 Å². The number of rotatable bonds is 7. The van der Waals surface area contributed by atoms with Crippen LogP contribution < -0.4 is 5.32 Å². The first-order valence-corrected chi connectivity index (χ1v) is 21.0. The van der Waals surface area contributed by atoms with Gasteiger partial charge >= 0.3 is 0 Å². The van der Waals surface area contributed by atoms with E-state index in [1.54, 1.807) is 0 Å². The van der Waals surface area contributed by atoms with Crippen LogP contribution in [0, 0.1) is 0 Å². The van der Waals surface area contributed by atoms with Crippen molar-refractivity contribution in [3.63, 3.8) is 0 Å². The molecule has 0 aliphatic carbocycles. The quantitative estimate of drug-likeness (QED) is 0.175. The normalized spacial score (nSPS) is 14.0. The zero-order valence-corrected chi connectivity index (χ0v) is 33.6. The second-order valence-electron chi connectivity index (χ2n) is 15.8. The Hall–Kier alpha value is -8.28. The van der Waals surface area contributed by atoms with Crippen LogP contribution in [0.2, 0.25) is 0 Å². The number of benzene rings is 9. The van der Waals surface area contributed by atoms with Crippen LogP contribution in [-0.2, 0) is 0 Å². The molecule has 11 aromatic rings. The van der Waals surface area contributed by atoms with Gasteiger partial charge in [-0.3, -0.25) is 0 Å². The highest BCUT2D eigenvalue weighted by Crippen LogP contribution is 2.44. The smallest absolute Gasteiger partial charge is 0.159 e. The van der Waals surface area contributed by atoms with Crippen LogP contribution in [-0.4, -0.2) is 16.2 Å². The van der Waals surface area contributed by atoms with Crippen LogP contribution in [0.5, 0.6) is 0 Å². The van der Waals surface area contributed by atoms with Crippen LogP contribution in [0.3, 0.4) is 0 Å². The third-order valence-electron chi connectivity index (χ3n) is 12.1. The van der Waals surface area contributed by atoms with E-state index in [1.165, 1.54) is 21.9 Å². The average Bonchev–Trinajstić information content (AvgIpc) is 3.90. The molecule has 2 aromatic heterocycles. The fourth-order valence-electron chi connectivity index (χ4n) is 9.11. The summed E-state index contributed by atoms with van der Waals surface area (Å²) in [6, 6.07) is 77.0. The number of aromatic nitrogens is 1. The molecule has 0 radical (unpaired) electrons. The molecule has 1 atom stereocenters. The Labute approximate surface area is 358 Å². The monoisotopic (exact) mass is 794 g/mol. The van der Waals surface area contributed by atoms with Gasteiger partial charge in [0.2, 0.25) is 0 Å². The Kier molecular flexibility index (Phi) is 8.49. The molecule has 62 heavy (non-hydrogen) atoms. The van der Waals surface area contributed by atoms with Gasteiger partial charge in [-0.05, 0) is 64.2 Å². The molecule has 12 rings (SSSR count). The van der Waals surface area contributed by atoms with Crippen LogP contribution in [0.15, 0.2) is 233 Å². The summed E-state index contributed by atoms with van der Waals surface area (Å²) in [5.41, 5.74) is 14.6. The lowest BCUT2D eigenvalue weighted by Crippen LogP contribution is -2.33. The molecule has 0 saturated heterocycles. The minimum absolute atomic E-state index is 0.493. The third kappa shape index (κ3) is 6.10. The van der Waals surface area contributed by atoms with Gasteiger partial charge in [-0.25, -0.2) is 9.98 Å². The van der Waals surface area contributed by atoms with Gasteiger partial charge in [0.1, 0.15) is 23.2 Å². The number of furan rings is 1. The molecule has 1 aliphatic heterocycles. The lowest BCUT2D eigenvalue weighted by Gasteiger charge is -2.26. The van der Waals surface area contributed by atoms with Crippen molar-refractivity contribution < 1.29 is 4.42 Å². The number of nitrogens with zero attached hydrogens (tertiary/aromatic N) is 3. The molecule has 3 heterocycles. The van der Waals surface area contributed by atoms with E-state index in [-0.39, 0.29) is 0 Å². The summed E-state index contributed by atoms with van der Waals surface area (Å²) in [4.78, 5) is 10.6. The van der Waals surface area contributed by atoms with E-state index in [4.69, 9.17) is 14.4 Å². The molecule has 1 N–H and O–H groups in total. The minimum atomic E-state index is -0.493. The number of amidine groups is 2. The maximum atomic E-state index is 6.89. The molecular weight excluding hydrogens is 757 g/mol. The van der Waals surface area contributed by atoms with E-state index in [2.05, 4.69) is 186 Å². The fourth-order valence-corrected chi connectivity index (χ4v) is 9.11. The SMILES string of the molecule is c1ccc(C2=NC(c3cc(-c4ccc(-c5ccccc5)cc4)ccc3-c3cc(-n4c5ccccc5c5ccccc54)cc4c3oc3ccccc34)NC(c3ccccc3)=N2)cc1. The number of fused-ring (bicyclic) bond motifs is 6. The number of hydrogen-bond acceptors (Lipinski definition) is 4. The van der Waals surface area contributed by atoms with Crippen LogP contribution in [0.1, 0.15) is 22.9 Å². The van der Waals surface area contributed by atoms with E-state index in [1.807, 2.05) is 42.5 Å². The second kappa shape index (κ2) is 14.8. The number of nitrogens with one attached hydrogen (secondary N) is 1. The molecule has 5 nitrogen and oxygen atoms in total. The fraction of sp³-hybridized carbons (Fsp3) is 0.0175. The summed E-state index contributed by atoms with van der Waals surface area (Å²) < 4.78 is 9.28. The average molecular weight is 795 g/mol. The highest BCUT2D eigenvalue weighted by atomic mass is 16.3. The minimum Gasteiger partial charge on any atom is -0.455 e. The number of aliphatic imine (C=N–C) groups is 2. The van der Waals surface area contributed by atoms with Crippen molar-refractivity contribution in [2.45, 2.75) is 6.17 Å². The van der Waals surface area contributed by atoms with E-state index in [0.717, 1.165) is 83.4 Å². The molecule has 0 amide bonds. The summed E-state index contributed by atoms with van der Waals surface area (Å²) in [6.07, 6.45) is -0.493. The van der Waals surface area contributed by atoms with Crippen molar-refractivity contribution in [3.8, 4) is 39.1 Å². The predicted octanol–water partition coefficient (Wildman–Crippen LogP) is 14.2. The van der Waals surface area contributed by atoms with E-state index >= 15 is 0 Å². The predicted molar refractivity (Wildman–Crippen MR) is 256 cm³/mol. The Bertz CT molecular complexity index is 3480. The second-order valence-corrected chi connectivity index (χ2v) is 15.8. The Morgan fingerprint density at radius 3 is 1.63 bits per heavy atom. The molecule has 1 aliphatic rings. The summed E-state index contributed by atoms with van der Waals surface area (Å²) in [6.45, 7) is 0. The van der Waals surface area contributed by atoms with E-state index in [0.29, 0.717) is 5.84 Å². The first-order valence-electron chi connectivity index (χ1n) is 21.0. The van der Waals surface area contributed by atoms with Gasteiger partial charge in [0.05, 0.1) is 11.0 Å². The molecule has 0 fully saturated rings. The Balaban J connectivity index is 1.12. The van der Waals surface area contributed by atoms with E-state index < -0.39 is 6.17 Å². The summed E-state index contributed by atoms with van der Waals surface area (Å²) >= 11 is 0. The maximum absolute atomic E-state index is 6.89. The van der Waals surface area contributed by atoms with Gasteiger partial charge in [-0.1, -0.05) is 182 Å². The molecular formula is C57H38N4O. The van der Waals surface area contributed by atoms with Gasteiger partial charge in [0.25, 0.3) is 0 Å². The lowest BCUT2D eigenvalue weighted by atomic mass is 9.91. The zero-order chi connectivity index (χ0) is 41.0. The number of para-hydroxylation sites is 3. The maximum Gasteiger partial charge on any atom is 0.159 e. The highest BCUT2D eigenvalue weighted by Gasteiger charge is 2.27. The van der Waals surface area contributed by atoms with Crippen molar-refractivity contribution in [1.82, 2.24) is 9.88 Å². The topological polar surface area (TPSA) is 54.8 Å². The highest BCUT2D eigenvalue weighted by molar-refractivity contribution is 6.15. The standard InChI is InChI=1S/C57H38N4O/c1-4-16-37(17-5-1)38-28-30-39(31-29-38)42-32-33-44(50(34-42)57-59-55(40-18-6-2-7-19-40)58-56(60-57)41-20-8-3-9-21-41)48-35-43(36-49-47-24-12-15-27-53(47)62-54(48)49)61-51-25-13-10-22-45(51)46-23-11-14-26-52(46)61/h1-36,57H,(H,58,59,60). The Morgan fingerprint density at radius 1 is 0.419 bits per heavy atom. The Morgan fingerprint density at radius 2 is 0.952 bits per heavy atom. The lowest BCUT2D eigenvalue weighted by molar-refractivity contribution is 0.667. The van der Waals surface area contributed by atoms with Crippen LogP contribution in [0.4, 0.5) is 0 Å². The summed E-state index contributed by atoms with van der Waals surface area (Å²) in [7, 11) is 0. The van der Waals surface area contributed by atoms with Crippen molar-refractivity contribution in [2.75, 3.05) is 0 Å². The molecule has 0 bridgehead atoms. The van der Waals surface area contributed by atoms with Crippen LogP contribution >= 0.6 is 0 Å². The molecule has 0 spiro atoms. The molecule has 0 saturated carbocycles. The largest absolute Gasteiger partial charge is 0.455 e. The van der Waals surface area contributed by atoms with E-state index in [9.17, 15) is 0 Å². The first kappa shape index (κ1) is 35.6.